The molecule has 0 spiro atoms. The van der Waals surface area contributed by atoms with Crippen LogP contribution in [0.25, 0.3) is 0 Å². The molecule has 0 saturated carbocycles. The van der Waals surface area contributed by atoms with Crippen LogP contribution in [0.15, 0.2) is 18.2 Å². The monoisotopic (exact) mass is 219 g/mol. The highest BCUT2D eigenvalue weighted by atomic mass is 14.9. The molecular weight excluding hydrogens is 194 g/mol. The molecule has 0 aromatic heterocycles. The molecule has 0 aliphatic rings. The summed E-state index contributed by atoms with van der Waals surface area (Å²) in [5, 5.41) is 3.58. The number of hydrogen-bond acceptors (Lipinski definition) is 1. The van der Waals surface area contributed by atoms with Crippen LogP contribution in [0.5, 0.6) is 0 Å². The lowest BCUT2D eigenvalue weighted by Crippen LogP contribution is -2.22. The van der Waals surface area contributed by atoms with Crippen molar-refractivity contribution < 1.29 is 0 Å². The van der Waals surface area contributed by atoms with Gasteiger partial charge in [-0.3, -0.25) is 0 Å². The van der Waals surface area contributed by atoms with Gasteiger partial charge in [0, 0.05) is 6.04 Å². The summed E-state index contributed by atoms with van der Waals surface area (Å²) in [5.74, 6) is 0.727. The van der Waals surface area contributed by atoms with Crippen LogP contribution < -0.4 is 5.32 Å². The lowest BCUT2D eigenvalue weighted by molar-refractivity contribution is 0.438. The summed E-state index contributed by atoms with van der Waals surface area (Å²) in [6.07, 6.45) is 1.21. The van der Waals surface area contributed by atoms with E-state index in [1.807, 2.05) is 0 Å². The molecule has 0 fully saturated rings. The van der Waals surface area contributed by atoms with Crippen molar-refractivity contribution in [1.82, 2.24) is 5.32 Å². The minimum absolute atomic E-state index is 0.503. The van der Waals surface area contributed by atoms with Gasteiger partial charge in [-0.15, -0.1) is 0 Å². The molecule has 1 N–H and O–H groups in total. The van der Waals surface area contributed by atoms with Gasteiger partial charge in [0.2, 0.25) is 0 Å². The Morgan fingerprint density at radius 3 is 2.06 bits per heavy atom. The van der Waals surface area contributed by atoms with E-state index >= 15 is 0 Å². The fraction of sp³-hybridized carbons (Fsp3) is 0.600. The second-order valence-corrected chi connectivity index (χ2v) is 5.16. The van der Waals surface area contributed by atoms with Crippen molar-refractivity contribution in [2.45, 2.75) is 47.1 Å². The molecule has 16 heavy (non-hydrogen) atoms. The third-order valence-corrected chi connectivity index (χ3v) is 2.80. The van der Waals surface area contributed by atoms with Crippen LogP contribution in [0.3, 0.4) is 0 Å². The second kappa shape index (κ2) is 6.05. The first-order chi connectivity index (χ1) is 7.52. The van der Waals surface area contributed by atoms with Gasteiger partial charge < -0.3 is 5.32 Å². The van der Waals surface area contributed by atoms with Crippen LogP contribution in [0.2, 0.25) is 0 Å². The number of aryl methyl sites for hydroxylation is 2. The van der Waals surface area contributed by atoms with Gasteiger partial charge in [-0.1, -0.05) is 50.1 Å². The molecule has 0 aliphatic carbocycles. The van der Waals surface area contributed by atoms with Crippen LogP contribution in [-0.4, -0.2) is 6.54 Å². The standard InChI is InChI=1S/C15H25N/c1-6-16-15(7-11(2)3)14-9-12(4)8-13(5)10-14/h8-11,15-16H,6-7H2,1-5H3. The number of benzene rings is 1. The lowest BCUT2D eigenvalue weighted by Gasteiger charge is -2.21. The highest BCUT2D eigenvalue weighted by Gasteiger charge is 2.12. The van der Waals surface area contributed by atoms with Crippen LogP contribution in [0.4, 0.5) is 0 Å². The zero-order valence-corrected chi connectivity index (χ0v) is 11.3. The van der Waals surface area contributed by atoms with Gasteiger partial charge in [-0.05, 0) is 38.3 Å². The van der Waals surface area contributed by atoms with Gasteiger partial charge in [0.05, 0.1) is 0 Å². The Morgan fingerprint density at radius 2 is 1.62 bits per heavy atom. The Labute approximate surface area is 100 Å². The third kappa shape index (κ3) is 3.97. The Balaban J connectivity index is 2.90. The molecule has 90 valence electrons. The van der Waals surface area contributed by atoms with E-state index < -0.39 is 0 Å². The minimum atomic E-state index is 0.503. The first-order valence-corrected chi connectivity index (χ1v) is 6.34. The summed E-state index contributed by atoms with van der Waals surface area (Å²) in [6, 6.07) is 7.36. The Morgan fingerprint density at radius 1 is 1.06 bits per heavy atom. The summed E-state index contributed by atoms with van der Waals surface area (Å²) in [7, 11) is 0. The Kier molecular flexibility index (Phi) is 5.01. The van der Waals surface area contributed by atoms with Gasteiger partial charge >= 0.3 is 0 Å². The summed E-state index contributed by atoms with van der Waals surface area (Å²) in [6.45, 7) is 12.1. The predicted octanol–water partition coefficient (Wildman–Crippen LogP) is 4.00. The molecule has 0 aliphatic heterocycles. The van der Waals surface area contributed by atoms with E-state index in [1.54, 1.807) is 0 Å². The summed E-state index contributed by atoms with van der Waals surface area (Å²) in [4.78, 5) is 0. The van der Waals surface area contributed by atoms with Crippen molar-refractivity contribution in [3.05, 3.63) is 34.9 Å². The van der Waals surface area contributed by atoms with Crippen LogP contribution in [-0.2, 0) is 0 Å². The van der Waals surface area contributed by atoms with E-state index in [4.69, 9.17) is 0 Å². The number of nitrogens with one attached hydrogen (secondary N) is 1. The maximum Gasteiger partial charge on any atom is 0.0322 e. The maximum atomic E-state index is 3.58. The molecule has 1 nitrogen and oxygen atoms in total. The maximum absolute atomic E-state index is 3.58. The summed E-state index contributed by atoms with van der Waals surface area (Å²) in [5.41, 5.74) is 4.16. The molecule has 1 aromatic rings. The SMILES string of the molecule is CCNC(CC(C)C)c1cc(C)cc(C)c1. The summed E-state index contributed by atoms with van der Waals surface area (Å²) < 4.78 is 0. The average molecular weight is 219 g/mol. The lowest BCUT2D eigenvalue weighted by atomic mass is 9.94. The molecule has 0 heterocycles. The average Bonchev–Trinajstić information content (AvgIpc) is 2.14. The highest BCUT2D eigenvalue weighted by molar-refractivity contribution is 5.30. The molecular formula is C15H25N. The zero-order chi connectivity index (χ0) is 12.1. The molecule has 1 heteroatoms. The van der Waals surface area contributed by atoms with Gasteiger partial charge in [-0.2, -0.15) is 0 Å². The topological polar surface area (TPSA) is 12.0 Å². The third-order valence-electron chi connectivity index (χ3n) is 2.80. The van der Waals surface area contributed by atoms with Crippen molar-refractivity contribution in [3.8, 4) is 0 Å². The van der Waals surface area contributed by atoms with Gasteiger partial charge in [0.25, 0.3) is 0 Å². The van der Waals surface area contributed by atoms with Crippen LogP contribution in [0, 0.1) is 19.8 Å². The van der Waals surface area contributed by atoms with Crippen molar-refractivity contribution in [3.63, 3.8) is 0 Å². The van der Waals surface area contributed by atoms with Crippen molar-refractivity contribution in [2.75, 3.05) is 6.54 Å². The molecule has 0 saturated heterocycles. The van der Waals surface area contributed by atoms with Crippen LogP contribution >= 0.6 is 0 Å². The Bertz CT molecular complexity index is 308. The van der Waals surface area contributed by atoms with E-state index in [0.29, 0.717) is 6.04 Å². The molecule has 1 rings (SSSR count). The molecule has 1 atom stereocenters. The number of hydrogen-bond donors (Lipinski definition) is 1. The molecule has 0 bridgehead atoms. The first kappa shape index (κ1) is 13.2. The highest BCUT2D eigenvalue weighted by Crippen LogP contribution is 2.23. The number of rotatable bonds is 5. The van der Waals surface area contributed by atoms with E-state index in [1.165, 1.54) is 23.1 Å². The largest absolute Gasteiger partial charge is 0.310 e. The molecule has 1 unspecified atom stereocenters. The molecule has 0 radical (unpaired) electrons. The quantitative estimate of drug-likeness (QED) is 0.789. The van der Waals surface area contributed by atoms with E-state index in [0.717, 1.165) is 12.5 Å². The second-order valence-electron chi connectivity index (χ2n) is 5.16. The Hall–Kier alpha value is -0.820. The zero-order valence-electron chi connectivity index (χ0n) is 11.3. The molecule has 0 amide bonds. The first-order valence-electron chi connectivity index (χ1n) is 6.34. The normalized spacial score (nSPS) is 13.1. The smallest absolute Gasteiger partial charge is 0.0322 e. The minimum Gasteiger partial charge on any atom is -0.310 e. The van der Waals surface area contributed by atoms with Gasteiger partial charge in [0.1, 0.15) is 0 Å². The van der Waals surface area contributed by atoms with Crippen molar-refractivity contribution in [2.24, 2.45) is 5.92 Å². The van der Waals surface area contributed by atoms with Crippen LogP contribution in [0.1, 0.15) is 49.9 Å². The van der Waals surface area contributed by atoms with E-state index in [9.17, 15) is 0 Å². The predicted molar refractivity (Wildman–Crippen MR) is 71.8 cm³/mol. The summed E-state index contributed by atoms with van der Waals surface area (Å²) >= 11 is 0. The van der Waals surface area contributed by atoms with Gasteiger partial charge in [0.15, 0.2) is 0 Å². The van der Waals surface area contributed by atoms with E-state index in [-0.39, 0.29) is 0 Å². The van der Waals surface area contributed by atoms with E-state index in [2.05, 4.69) is 58.1 Å². The van der Waals surface area contributed by atoms with Crippen molar-refractivity contribution >= 4 is 0 Å². The van der Waals surface area contributed by atoms with Gasteiger partial charge in [-0.25, -0.2) is 0 Å². The fourth-order valence-electron chi connectivity index (χ4n) is 2.27. The fourth-order valence-corrected chi connectivity index (χ4v) is 2.27. The molecule has 1 aromatic carbocycles. The van der Waals surface area contributed by atoms with Crippen molar-refractivity contribution in [1.29, 1.82) is 0 Å².